The van der Waals surface area contributed by atoms with Gasteiger partial charge in [-0.25, -0.2) is 4.79 Å². The monoisotopic (exact) mass is 268 g/mol. The van der Waals surface area contributed by atoms with Gasteiger partial charge in [-0.15, -0.1) is 0 Å². The second-order valence-electron chi connectivity index (χ2n) is 3.72. The molecule has 6 heteroatoms. The van der Waals surface area contributed by atoms with Crippen LogP contribution in [0.15, 0.2) is 15.3 Å². The number of aryl methyl sites for hydroxylation is 1. The Kier molecular flexibility index (Phi) is 5.29. The molecule has 0 aliphatic heterocycles. The molecule has 0 fully saturated rings. The van der Waals surface area contributed by atoms with Crippen LogP contribution in [0.1, 0.15) is 35.7 Å². The summed E-state index contributed by atoms with van der Waals surface area (Å²) in [7, 11) is 0. The van der Waals surface area contributed by atoms with Gasteiger partial charge in [0.2, 0.25) is 0 Å². The van der Waals surface area contributed by atoms with E-state index >= 15 is 0 Å². The number of hydrogen-bond acceptors (Lipinski definition) is 6. The molecule has 1 aromatic heterocycles. The van der Waals surface area contributed by atoms with Gasteiger partial charge in [-0.1, -0.05) is 0 Å². The van der Waals surface area contributed by atoms with Gasteiger partial charge in [0.15, 0.2) is 5.43 Å². The van der Waals surface area contributed by atoms with Gasteiger partial charge in [-0.05, 0) is 20.8 Å². The van der Waals surface area contributed by atoms with Gasteiger partial charge in [-0.3, -0.25) is 9.59 Å². The zero-order chi connectivity index (χ0) is 14.4. The molecule has 0 amide bonds. The van der Waals surface area contributed by atoms with Crippen molar-refractivity contribution in [3.05, 3.63) is 33.4 Å². The molecule has 0 aromatic carbocycles. The fourth-order valence-corrected chi connectivity index (χ4v) is 1.55. The third kappa shape index (κ3) is 3.94. The quantitative estimate of drug-likeness (QED) is 0.747. The van der Waals surface area contributed by atoms with E-state index in [-0.39, 0.29) is 31.0 Å². The first-order chi connectivity index (χ1) is 8.99. The molecule has 1 rings (SSSR count). The second-order valence-corrected chi connectivity index (χ2v) is 3.72. The van der Waals surface area contributed by atoms with Crippen LogP contribution in [0.2, 0.25) is 0 Å². The van der Waals surface area contributed by atoms with Crippen LogP contribution in [-0.4, -0.2) is 25.2 Å². The minimum atomic E-state index is -0.796. The lowest BCUT2D eigenvalue weighted by Crippen LogP contribution is -2.22. The molecule has 1 aromatic rings. The highest BCUT2D eigenvalue weighted by Gasteiger charge is 2.22. The lowest BCUT2D eigenvalue weighted by Gasteiger charge is -2.07. The van der Waals surface area contributed by atoms with Crippen molar-refractivity contribution in [2.75, 3.05) is 13.2 Å². The standard InChI is InChI=1S/C13H16O6/c1-4-17-11(15)7-10-12(13(16)18-5-2)9(14)6-8(3)19-10/h6H,4-5,7H2,1-3H3. The van der Waals surface area contributed by atoms with E-state index in [0.717, 1.165) is 0 Å². The molecule has 0 aliphatic carbocycles. The van der Waals surface area contributed by atoms with E-state index in [1.54, 1.807) is 20.8 Å². The summed E-state index contributed by atoms with van der Waals surface area (Å²) in [4.78, 5) is 34.9. The Morgan fingerprint density at radius 3 is 2.42 bits per heavy atom. The smallest absolute Gasteiger partial charge is 0.345 e. The van der Waals surface area contributed by atoms with Crippen molar-refractivity contribution >= 4 is 11.9 Å². The number of carbonyl (C=O) groups is 2. The Morgan fingerprint density at radius 1 is 1.21 bits per heavy atom. The van der Waals surface area contributed by atoms with E-state index in [4.69, 9.17) is 13.9 Å². The first-order valence-corrected chi connectivity index (χ1v) is 5.95. The van der Waals surface area contributed by atoms with Gasteiger partial charge in [-0.2, -0.15) is 0 Å². The van der Waals surface area contributed by atoms with E-state index in [2.05, 4.69) is 0 Å². The van der Waals surface area contributed by atoms with E-state index in [1.165, 1.54) is 6.07 Å². The Hall–Kier alpha value is -2.11. The fraction of sp³-hybridized carbons (Fsp3) is 0.462. The molecule has 6 nitrogen and oxygen atoms in total. The number of ether oxygens (including phenoxy) is 2. The Morgan fingerprint density at radius 2 is 1.84 bits per heavy atom. The van der Waals surface area contributed by atoms with Crippen molar-refractivity contribution in [1.29, 1.82) is 0 Å². The van der Waals surface area contributed by atoms with Gasteiger partial charge < -0.3 is 13.9 Å². The van der Waals surface area contributed by atoms with Crippen LogP contribution in [0.3, 0.4) is 0 Å². The highest BCUT2D eigenvalue weighted by atomic mass is 16.5. The maximum atomic E-state index is 11.8. The van der Waals surface area contributed by atoms with E-state index in [0.29, 0.717) is 5.76 Å². The highest BCUT2D eigenvalue weighted by molar-refractivity contribution is 5.91. The molecule has 0 N–H and O–H groups in total. The third-order valence-electron chi connectivity index (χ3n) is 2.23. The molecule has 0 bridgehead atoms. The fourth-order valence-electron chi connectivity index (χ4n) is 1.55. The number of carbonyl (C=O) groups excluding carboxylic acids is 2. The van der Waals surface area contributed by atoms with Gasteiger partial charge >= 0.3 is 11.9 Å². The van der Waals surface area contributed by atoms with Crippen LogP contribution in [0.4, 0.5) is 0 Å². The van der Waals surface area contributed by atoms with Crippen molar-refractivity contribution in [3.8, 4) is 0 Å². The number of hydrogen-bond donors (Lipinski definition) is 0. The summed E-state index contributed by atoms with van der Waals surface area (Å²) in [5, 5.41) is 0. The summed E-state index contributed by atoms with van der Waals surface area (Å²) in [6.45, 7) is 5.19. The largest absolute Gasteiger partial charge is 0.466 e. The predicted molar refractivity (Wildman–Crippen MR) is 66.0 cm³/mol. The van der Waals surface area contributed by atoms with Crippen molar-refractivity contribution in [1.82, 2.24) is 0 Å². The van der Waals surface area contributed by atoms with Crippen LogP contribution in [0, 0.1) is 6.92 Å². The molecule has 1 heterocycles. The first kappa shape index (κ1) is 14.9. The molecule has 0 saturated heterocycles. The molecule has 0 saturated carbocycles. The summed E-state index contributed by atoms with van der Waals surface area (Å²) in [5.74, 6) is -1.07. The molecule has 0 aliphatic rings. The Labute approximate surface area is 110 Å². The Bertz CT molecular complexity index is 528. The average molecular weight is 268 g/mol. The first-order valence-electron chi connectivity index (χ1n) is 5.95. The molecule has 104 valence electrons. The van der Waals surface area contributed by atoms with Gasteiger partial charge in [0, 0.05) is 6.07 Å². The molecule has 0 atom stereocenters. The maximum absolute atomic E-state index is 11.8. The maximum Gasteiger partial charge on any atom is 0.345 e. The van der Waals surface area contributed by atoms with E-state index in [1.807, 2.05) is 0 Å². The van der Waals surface area contributed by atoms with Crippen LogP contribution < -0.4 is 5.43 Å². The van der Waals surface area contributed by atoms with Crippen molar-refractivity contribution < 1.29 is 23.5 Å². The van der Waals surface area contributed by atoms with Gasteiger partial charge in [0.1, 0.15) is 23.5 Å². The zero-order valence-electron chi connectivity index (χ0n) is 11.1. The molecule has 19 heavy (non-hydrogen) atoms. The molecule has 0 spiro atoms. The Balaban J connectivity index is 3.17. The SMILES string of the molecule is CCOC(=O)Cc1oc(C)cc(=O)c1C(=O)OCC. The predicted octanol–water partition coefficient (Wildman–Crippen LogP) is 1.23. The summed E-state index contributed by atoms with van der Waals surface area (Å²) in [5.41, 5.74) is -0.776. The van der Waals surface area contributed by atoms with Crippen molar-refractivity contribution in [3.63, 3.8) is 0 Å². The molecular formula is C13H16O6. The zero-order valence-corrected chi connectivity index (χ0v) is 11.1. The summed E-state index contributed by atoms with van der Waals surface area (Å²) < 4.78 is 14.8. The second kappa shape index (κ2) is 6.72. The molecule has 0 unspecified atom stereocenters. The van der Waals surface area contributed by atoms with Gasteiger partial charge in [0.25, 0.3) is 0 Å². The van der Waals surface area contributed by atoms with Gasteiger partial charge in [0.05, 0.1) is 13.2 Å². The topological polar surface area (TPSA) is 82.8 Å². The molecule has 0 radical (unpaired) electrons. The normalized spacial score (nSPS) is 10.1. The van der Waals surface area contributed by atoms with Crippen LogP contribution in [-0.2, 0) is 20.7 Å². The summed E-state index contributed by atoms with van der Waals surface area (Å²) >= 11 is 0. The highest BCUT2D eigenvalue weighted by Crippen LogP contribution is 2.10. The number of rotatable bonds is 5. The number of esters is 2. The average Bonchev–Trinajstić information content (AvgIpc) is 2.28. The minimum Gasteiger partial charge on any atom is -0.466 e. The van der Waals surface area contributed by atoms with Crippen molar-refractivity contribution in [2.45, 2.75) is 27.2 Å². The minimum absolute atomic E-state index is 0.0260. The van der Waals surface area contributed by atoms with Crippen LogP contribution in [0.5, 0.6) is 0 Å². The molecular weight excluding hydrogens is 252 g/mol. The van der Waals surface area contributed by atoms with Crippen LogP contribution >= 0.6 is 0 Å². The van der Waals surface area contributed by atoms with E-state index < -0.39 is 17.4 Å². The third-order valence-corrected chi connectivity index (χ3v) is 2.23. The van der Waals surface area contributed by atoms with Crippen molar-refractivity contribution in [2.24, 2.45) is 0 Å². The van der Waals surface area contributed by atoms with E-state index in [9.17, 15) is 14.4 Å². The lowest BCUT2D eigenvalue weighted by atomic mass is 10.1. The van der Waals surface area contributed by atoms with Crippen LogP contribution in [0.25, 0.3) is 0 Å². The summed E-state index contributed by atoms with van der Waals surface area (Å²) in [6.07, 6.45) is -0.279. The summed E-state index contributed by atoms with van der Waals surface area (Å²) in [6, 6.07) is 1.18. The lowest BCUT2D eigenvalue weighted by molar-refractivity contribution is -0.142.